The molecule has 1 aromatic carbocycles. The third-order valence-electron chi connectivity index (χ3n) is 3.29. The monoisotopic (exact) mass is 401 g/mol. The molecule has 0 bridgehead atoms. The van der Waals surface area contributed by atoms with Crippen LogP contribution >= 0.6 is 22.6 Å². The number of hydrogen-bond acceptors (Lipinski definition) is 3. The van der Waals surface area contributed by atoms with Gasteiger partial charge in [-0.3, -0.25) is 0 Å². The highest BCUT2D eigenvalue weighted by molar-refractivity contribution is 14.1. The van der Waals surface area contributed by atoms with Crippen LogP contribution in [-0.2, 0) is 12.6 Å². The van der Waals surface area contributed by atoms with Gasteiger partial charge in [-0.2, -0.15) is 0 Å². The summed E-state index contributed by atoms with van der Waals surface area (Å²) in [5.74, 6) is 0. The minimum atomic E-state index is -3.56. The number of halogens is 1. The maximum atomic E-state index is 12.8. The summed E-state index contributed by atoms with van der Waals surface area (Å²) in [5, 5.41) is 0.109. The summed E-state index contributed by atoms with van der Waals surface area (Å²) in [4.78, 5) is 4.00. The first-order valence-corrected chi connectivity index (χ1v) is 8.75. The molecule has 0 fully saturated rings. The maximum absolute atomic E-state index is 12.8. The summed E-state index contributed by atoms with van der Waals surface area (Å²) < 4.78 is 24.6. The van der Waals surface area contributed by atoms with Crippen molar-refractivity contribution in [3.8, 4) is 0 Å². The van der Waals surface area contributed by atoms with Gasteiger partial charge in [0.1, 0.15) is 0 Å². The van der Waals surface area contributed by atoms with Gasteiger partial charge in [-0.05, 0) is 44.0 Å². The molecule has 0 N–H and O–H groups in total. The van der Waals surface area contributed by atoms with Crippen LogP contribution in [-0.4, -0.2) is 13.4 Å². The van der Waals surface area contributed by atoms with Crippen molar-refractivity contribution in [1.82, 2.24) is 4.98 Å². The molecule has 0 aliphatic carbocycles. The first-order chi connectivity index (χ1) is 9.26. The summed E-state index contributed by atoms with van der Waals surface area (Å²) >= 11 is 2.00. The second-order valence-corrected chi connectivity index (χ2v) is 10.0. The Balaban J connectivity index is 2.63. The van der Waals surface area contributed by atoms with E-state index in [1.807, 2.05) is 54.6 Å². The standard InChI is InChI=1S/C15H16INO2S/c1-11-7-8-12(2)13(10-11)15(3,16)20(18,19)14-6-4-5-9-17-14/h4-10H,1-3H3. The number of aryl methyl sites for hydroxylation is 2. The number of rotatable bonds is 3. The van der Waals surface area contributed by atoms with Crippen molar-refractivity contribution in [2.75, 3.05) is 0 Å². The Kier molecular flexibility index (Phi) is 4.20. The molecule has 1 heterocycles. The van der Waals surface area contributed by atoms with Crippen LogP contribution in [0.1, 0.15) is 23.6 Å². The first-order valence-electron chi connectivity index (χ1n) is 6.19. The minimum Gasteiger partial charge on any atom is -0.245 e. The van der Waals surface area contributed by atoms with Crippen LogP contribution < -0.4 is 0 Å². The Bertz CT molecular complexity index is 725. The van der Waals surface area contributed by atoms with Crippen molar-refractivity contribution >= 4 is 32.4 Å². The van der Waals surface area contributed by atoms with Crippen LogP contribution in [0.3, 0.4) is 0 Å². The lowest BCUT2D eigenvalue weighted by Gasteiger charge is -2.25. The third kappa shape index (κ3) is 2.61. The Labute approximate surface area is 133 Å². The molecule has 2 rings (SSSR count). The number of benzene rings is 1. The molecule has 0 saturated carbocycles. The summed E-state index contributed by atoms with van der Waals surface area (Å²) in [7, 11) is -3.56. The summed E-state index contributed by atoms with van der Waals surface area (Å²) in [6, 6.07) is 10.8. The van der Waals surface area contributed by atoms with Gasteiger partial charge in [0.15, 0.2) is 7.78 Å². The molecule has 5 heteroatoms. The molecule has 0 spiro atoms. The fourth-order valence-corrected chi connectivity index (χ4v) is 4.68. The van der Waals surface area contributed by atoms with Crippen molar-refractivity contribution in [2.24, 2.45) is 0 Å². The van der Waals surface area contributed by atoms with E-state index in [1.54, 1.807) is 19.1 Å². The molecule has 2 aromatic rings. The van der Waals surface area contributed by atoms with Crippen molar-refractivity contribution < 1.29 is 8.42 Å². The Hall–Kier alpha value is -0.950. The lowest BCUT2D eigenvalue weighted by Crippen LogP contribution is -2.27. The average molecular weight is 401 g/mol. The number of hydrogen-bond donors (Lipinski definition) is 0. The van der Waals surface area contributed by atoms with Gasteiger partial charge in [0.05, 0.1) is 0 Å². The molecule has 0 aliphatic rings. The highest BCUT2D eigenvalue weighted by Crippen LogP contribution is 2.42. The van der Waals surface area contributed by atoms with Gasteiger partial charge in [-0.25, -0.2) is 13.4 Å². The zero-order valence-corrected chi connectivity index (χ0v) is 14.6. The van der Waals surface area contributed by atoms with Crippen LogP contribution in [0.5, 0.6) is 0 Å². The van der Waals surface area contributed by atoms with Crippen LogP contribution in [0.15, 0.2) is 47.6 Å². The molecule has 0 aliphatic heterocycles. The highest BCUT2D eigenvalue weighted by Gasteiger charge is 2.41. The second-order valence-electron chi connectivity index (χ2n) is 4.91. The fourth-order valence-electron chi connectivity index (χ4n) is 2.06. The summed E-state index contributed by atoms with van der Waals surface area (Å²) in [6.45, 7) is 5.61. The lowest BCUT2D eigenvalue weighted by atomic mass is 10.0. The zero-order valence-electron chi connectivity index (χ0n) is 11.6. The number of alkyl halides is 1. The van der Waals surface area contributed by atoms with Gasteiger partial charge in [0.25, 0.3) is 0 Å². The highest BCUT2D eigenvalue weighted by atomic mass is 127. The van der Waals surface area contributed by atoms with Gasteiger partial charge in [0.2, 0.25) is 9.84 Å². The molecular formula is C15H16INO2S. The van der Waals surface area contributed by atoms with E-state index in [2.05, 4.69) is 4.98 Å². The molecule has 1 aromatic heterocycles. The minimum absolute atomic E-state index is 0.109. The van der Waals surface area contributed by atoms with Gasteiger partial charge in [-0.1, -0.05) is 52.4 Å². The fraction of sp³-hybridized carbons (Fsp3) is 0.267. The van der Waals surface area contributed by atoms with Crippen LogP contribution in [0.2, 0.25) is 0 Å². The van der Waals surface area contributed by atoms with Gasteiger partial charge in [-0.15, -0.1) is 0 Å². The van der Waals surface area contributed by atoms with E-state index < -0.39 is 12.6 Å². The van der Waals surface area contributed by atoms with Crippen LogP contribution in [0.4, 0.5) is 0 Å². The normalized spacial score (nSPS) is 14.8. The predicted octanol–water partition coefficient (Wildman–Crippen LogP) is 3.78. The quantitative estimate of drug-likeness (QED) is 0.581. The van der Waals surface area contributed by atoms with Crippen LogP contribution in [0.25, 0.3) is 0 Å². The largest absolute Gasteiger partial charge is 0.245 e. The maximum Gasteiger partial charge on any atom is 0.214 e. The predicted molar refractivity (Wildman–Crippen MR) is 88.7 cm³/mol. The number of aromatic nitrogens is 1. The van der Waals surface area contributed by atoms with E-state index in [0.717, 1.165) is 16.7 Å². The van der Waals surface area contributed by atoms with Gasteiger partial charge < -0.3 is 0 Å². The molecule has 20 heavy (non-hydrogen) atoms. The van der Waals surface area contributed by atoms with Crippen molar-refractivity contribution in [2.45, 2.75) is 28.6 Å². The SMILES string of the molecule is Cc1ccc(C)c(C(C)(I)S(=O)(=O)c2ccccn2)c1. The molecule has 1 atom stereocenters. The average Bonchev–Trinajstić information content (AvgIpc) is 2.42. The number of pyridine rings is 1. The van der Waals surface area contributed by atoms with E-state index in [1.165, 1.54) is 12.3 Å². The van der Waals surface area contributed by atoms with Crippen molar-refractivity contribution in [1.29, 1.82) is 0 Å². The molecule has 0 radical (unpaired) electrons. The molecule has 106 valence electrons. The van der Waals surface area contributed by atoms with Crippen LogP contribution in [0, 0.1) is 13.8 Å². The topological polar surface area (TPSA) is 47.0 Å². The Morgan fingerprint density at radius 2 is 1.85 bits per heavy atom. The lowest BCUT2D eigenvalue weighted by molar-refractivity contribution is 0.579. The van der Waals surface area contributed by atoms with E-state index >= 15 is 0 Å². The molecule has 1 unspecified atom stereocenters. The first kappa shape index (κ1) is 15.4. The van der Waals surface area contributed by atoms with E-state index in [4.69, 9.17) is 0 Å². The molecular weight excluding hydrogens is 385 g/mol. The number of nitrogens with zero attached hydrogens (tertiary/aromatic N) is 1. The van der Waals surface area contributed by atoms with Crippen molar-refractivity contribution in [3.05, 3.63) is 59.3 Å². The van der Waals surface area contributed by atoms with E-state index in [-0.39, 0.29) is 5.03 Å². The summed E-state index contributed by atoms with van der Waals surface area (Å²) in [6.07, 6.45) is 1.50. The van der Waals surface area contributed by atoms with E-state index in [0.29, 0.717) is 0 Å². The molecule has 0 saturated heterocycles. The summed E-state index contributed by atoms with van der Waals surface area (Å²) in [5.41, 5.74) is 2.82. The van der Waals surface area contributed by atoms with Gasteiger partial charge in [0, 0.05) is 6.20 Å². The Morgan fingerprint density at radius 1 is 1.15 bits per heavy atom. The molecule has 0 amide bonds. The van der Waals surface area contributed by atoms with E-state index in [9.17, 15) is 8.42 Å². The van der Waals surface area contributed by atoms with Crippen molar-refractivity contribution in [3.63, 3.8) is 0 Å². The molecule has 3 nitrogen and oxygen atoms in total. The second kappa shape index (κ2) is 5.44. The zero-order chi connectivity index (χ0) is 15.0. The smallest absolute Gasteiger partial charge is 0.214 e. The Morgan fingerprint density at radius 3 is 2.45 bits per heavy atom. The number of sulfone groups is 1. The van der Waals surface area contributed by atoms with Gasteiger partial charge >= 0.3 is 0 Å². The third-order valence-corrected chi connectivity index (χ3v) is 7.63.